The standard InChI is InChI=1S/C15H18Cl2N2O4S2/c16-12-10-13(17)14(25(21,22)19-1-5-23-6-2-19)9-11(12)15(20)18-3-7-24-8-4-18/h9-10H,1-8H2. The molecule has 2 heterocycles. The molecule has 0 spiro atoms. The molecule has 0 bridgehead atoms. The van der Waals surface area contributed by atoms with Crippen molar-refractivity contribution in [3.63, 3.8) is 0 Å². The molecule has 0 atom stereocenters. The Labute approximate surface area is 161 Å². The molecule has 0 saturated carbocycles. The van der Waals surface area contributed by atoms with E-state index in [-0.39, 0.29) is 39.5 Å². The molecule has 25 heavy (non-hydrogen) atoms. The summed E-state index contributed by atoms with van der Waals surface area (Å²) in [5.74, 6) is 1.45. The number of carbonyl (C=O) groups is 1. The van der Waals surface area contributed by atoms with Gasteiger partial charge in [-0.1, -0.05) is 23.2 Å². The third-order valence-corrected chi connectivity index (χ3v) is 7.76. The minimum atomic E-state index is -3.81. The van der Waals surface area contributed by atoms with Crippen LogP contribution in [0.3, 0.4) is 0 Å². The van der Waals surface area contributed by atoms with Crippen LogP contribution in [0.25, 0.3) is 0 Å². The first-order chi connectivity index (χ1) is 11.9. The zero-order chi connectivity index (χ0) is 18.0. The Bertz CT molecular complexity index is 761. The molecule has 10 heteroatoms. The highest BCUT2D eigenvalue weighted by atomic mass is 35.5. The van der Waals surface area contributed by atoms with Crippen molar-refractivity contribution in [2.24, 2.45) is 0 Å². The number of amides is 1. The van der Waals surface area contributed by atoms with Crippen LogP contribution in [0.15, 0.2) is 17.0 Å². The molecule has 2 saturated heterocycles. The molecular weight excluding hydrogens is 407 g/mol. The Balaban J connectivity index is 1.96. The average molecular weight is 425 g/mol. The molecule has 1 amide bonds. The zero-order valence-corrected chi connectivity index (χ0v) is 16.6. The third-order valence-electron chi connectivity index (χ3n) is 4.14. The van der Waals surface area contributed by atoms with Crippen molar-refractivity contribution in [1.82, 2.24) is 9.21 Å². The minimum Gasteiger partial charge on any atom is -0.379 e. The van der Waals surface area contributed by atoms with Gasteiger partial charge in [0.1, 0.15) is 4.90 Å². The third kappa shape index (κ3) is 4.09. The van der Waals surface area contributed by atoms with Crippen molar-refractivity contribution in [2.75, 3.05) is 50.9 Å². The maximum absolute atomic E-state index is 12.9. The van der Waals surface area contributed by atoms with E-state index in [2.05, 4.69) is 0 Å². The summed E-state index contributed by atoms with van der Waals surface area (Å²) in [5.41, 5.74) is 0.171. The summed E-state index contributed by atoms with van der Waals surface area (Å²) in [6.07, 6.45) is 0. The van der Waals surface area contributed by atoms with Crippen LogP contribution < -0.4 is 0 Å². The topological polar surface area (TPSA) is 66.9 Å². The lowest BCUT2D eigenvalue weighted by Crippen LogP contribution is -2.41. The van der Waals surface area contributed by atoms with Crippen LogP contribution in [0, 0.1) is 0 Å². The van der Waals surface area contributed by atoms with Crippen LogP contribution in [0.2, 0.25) is 10.0 Å². The molecule has 6 nitrogen and oxygen atoms in total. The van der Waals surface area contributed by atoms with E-state index in [0.717, 1.165) is 11.5 Å². The molecule has 0 unspecified atom stereocenters. The van der Waals surface area contributed by atoms with Crippen LogP contribution in [0.1, 0.15) is 10.4 Å². The van der Waals surface area contributed by atoms with Gasteiger partial charge in [0, 0.05) is 37.7 Å². The van der Waals surface area contributed by atoms with Gasteiger partial charge < -0.3 is 9.64 Å². The first-order valence-electron chi connectivity index (χ1n) is 7.85. The Morgan fingerprint density at radius 1 is 1.04 bits per heavy atom. The molecule has 2 aliphatic rings. The van der Waals surface area contributed by atoms with Gasteiger partial charge in [-0.3, -0.25) is 4.79 Å². The second-order valence-corrected chi connectivity index (χ2v) is 9.63. The molecule has 0 N–H and O–H groups in total. The predicted octanol–water partition coefficient (Wildman–Crippen LogP) is 2.20. The molecule has 1 aromatic carbocycles. The smallest absolute Gasteiger partial charge is 0.255 e. The second kappa shape index (κ2) is 8.02. The molecule has 0 aliphatic carbocycles. The largest absolute Gasteiger partial charge is 0.379 e. The van der Waals surface area contributed by atoms with Crippen LogP contribution >= 0.6 is 35.0 Å². The molecule has 1 aromatic rings. The quantitative estimate of drug-likeness (QED) is 0.743. The number of morpholine rings is 1. The summed E-state index contributed by atoms with van der Waals surface area (Å²) in [6.45, 7) is 2.42. The summed E-state index contributed by atoms with van der Waals surface area (Å²) >= 11 is 14.1. The van der Waals surface area contributed by atoms with E-state index in [0.29, 0.717) is 26.3 Å². The second-order valence-electron chi connectivity index (χ2n) is 5.68. The van der Waals surface area contributed by atoms with Gasteiger partial charge in [-0.25, -0.2) is 8.42 Å². The van der Waals surface area contributed by atoms with Crippen LogP contribution in [-0.4, -0.2) is 74.4 Å². The summed E-state index contributed by atoms with van der Waals surface area (Å²) in [7, 11) is -3.81. The predicted molar refractivity (Wildman–Crippen MR) is 99.3 cm³/mol. The van der Waals surface area contributed by atoms with E-state index in [1.807, 2.05) is 0 Å². The van der Waals surface area contributed by atoms with Crippen molar-refractivity contribution in [1.29, 1.82) is 0 Å². The lowest BCUT2D eigenvalue weighted by molar-refractivity contribution is 0.0730. The summed E-state index contributed by atoms with van der Waals surface area (Å²) in [5, 5.41) is 0.177. The number of halogens is 2. The van der Waals surface area contributed by atoms with Crippen LogP contribution in [0.4, 0.5) is 0 Å². The number of carbonyl (C=O) groups excluding carboxylic acids is 1. The van der Waals surface area contributed by atoms with Crippen molar-refractivity contribution in [2.45, 2.75) is 4.90 Å². The van der Waals surface area contributed by atoms with E-state index < -0.39 is 10.0 Å². The van der Waals surface area contributed by atoms with E-state index in [9.17, 15) is 13.2 Å². The highest BCUT2D eigenvalue weighted by Gasteiger charge is 2.31. The van der Waals surface area contributed by atoms with Crippen LogP contribution in [0.5, 0.6) is 0 Å². The van der Waals surface area contributed by atoms with Crippen molar-refractivity contribution < 1.29 is 17.9 Å². The first-order valence-corrected chi connectivity index (χ1v) is 11.2. The molecule has 2 fully saturated rings. The number of benzene rings is 1. The lowest BCUT2D eigenvalue weighted by atomic mass is 10.2. The maximum atomic E-state index is 12.9. The van der Waals surface area contributed by atoms with Gasteiger partial charge in [0.2, 0.25) is 10.0 Å². The van der Waals surface area contributed by atoms with Gasteiger partial charge in [-0.2, -0.15) is 16.1 Å². The average Bonchev–Trinajstić information content (AvgIpc) is 2.62. The van der Waals surface area contributed by atoms with E-state index in [4.69, 9.17) is 27.9 Å². The molecule has 0 radical (unpaired) electrons. The number of hydrogen-bond acceptors (Lipinski definition) is 5. The molecular formula is C15H18Cl2N2O4S2. The number of sulfonamides is 1. The Morgan fingerprint density at radius 3 is 2.32 bits per heavy atom. The molecule has 0 aromatic heterocycles. The Morgan fingerprint density at radius 2 is 1.68 bits per heavy atom. The highest BCUT2D eigenvalue weighted by Crippen LogP contribution is 2.32. The van der Waals surface area contributed by atoms with Gasteiger partial charge >= 0.3 is 0 Å². The Kier molecular flexibility index (Phi) is 6.18. The molecule has 2 aliphatic heterocycles. The molecule has 138 valence electrons. The number of rotatable bonds is 3. The first kappa shape index (κ1) is 19.3. The van der Waals surface area contributed by atoms with E-state index >= 15 is 0 Å². The fourth-order valence-electron chi connectivity index (χ4n) is 2.75. The van der Waals surface area contributed by atoms with Crippen molar-refractivity contribution >= 4 is 50.9 Å². The van der Waals surface area contributed by atoms with Gasteiger partial charge in [-0.05, 0) is 12.1 Å². The van der Waals surface area contributed by atoms with Crippen molar-refractivity contribution in [3.8, 4) is 0 Å². The van der Waals surface area contributed by atoms with Crippen LogP contribution in [-0.2, 0) is 14.8 Å². The number of hydrogen-bond donors (Lipinski definition) is 0. The lowest BCUT2D eigenvalue weighted by Gasteiger charge is -2.28. The summed E-state index contributed by atoms with van der Waals surface area (Å²) in [4.78, 5) is 14.4. The maximum Gasteiger partial charge on any atom is 0.255 e. The van der Waals surface area contributed by atoms with Gasteiger partial charge in [-0.15, -0.1) is 0 Å². The summed E-state index contributed by atoms with van der Waals surface area (Å²) < 4.78 is 32.3. The number of nitrogens with zero attached hydrogens (tertiary/aromatic N) is 2. The number of ether oxygens (including phenoxy) is 1. The summed E-state index contributed by atoms with van der Waals surface area (Å²) in [6, 6.07) is 2.64. The van der Waals surface area contributed by atoms with Gasteiger partial charge in [0.25, 0.3) is 5.91 Å². The van der Waals surface area contributed by atoms with Crippen molar-refractivity contribution in [3.05, 3.63) is 27.7 Å². The van der Waals surface area contributed by atoms with E-state index in [1.54, 1.807) is 16.7 Å². The Hall–Kier alpha value is -0.510. The fourth-order valence-corrected chi connectivity index (χ4v) is 5.89. The number of thioether (sulfide) groups is 1. The highest BCUT2D eigenvalue weighted by molar-refractivity contribution is 7.99. The normalized spacial score (nSPS) is 19.8. The monoisotopic (exact) mass is 424 g/mol. The SMILES string of the molecule is O=C(c1cc(S(=O)(=O)N2CCOCC2)c(Cl)cc1Cl)N1CCSCC1. The minimum absolute atomic E-state index is 0.0160. The van der Waals surface area contributed by atoms with Gasteiger partial charge in [0.05, 0.1) is 28.8 Å². The fraction of sp³-hybridized carbons (Fsp3) is 0.533. The van der Waals surface area contributed by atoms with Gasteiger partial charge in [0.15, 0.2) is 0 Å². The zero-order valence-electron chi connectivity index (χ0n) is 13.4. The molecule has 3 rings (SSSR count). The van der Waals surface area contributed by atoms with E-state index in [1.165, 1.54) is 16.4 Å².